The second-order valence-corrected chi connectivity index (χ2v) is 8.68. The molecule has 0 unspecified atom stereocenters. The third-order valence-electron chi connectivity index (χ3n) is 5.62. The van der Waals surface area contributed by atoms with Gasteiger partial charge in [-0.1, -0.05) is 29.5 Å². The first-order valence-electron chi connectivity index (χ1n) is 9.67. The van der Waals surface area contributed by atoms with Crippen LogP contribution in [0.2, 0.25) is 0 Å². The zero-order valence-corrected chi connectivity index (χ0v) is 17.6. The van der Waals surface area contributed by atoms with Gasteiger partial charge in [0.1, 0.15) is 12.1 Å². The Morgan fingerprint density at radius 2 is 1.86 bits per heavy atom. The summed E-state index contributed by atoms with van der Waals surface area (Å²) in [5, 5.41) is 8.65. The molecule has 0 atom stereocenters. The largest absolute Gasteiger partial charge is 0.327 e. The van der Waals surface area contributed by atoms with Gasteiger partial charge in [0.15, 0.2) is 0 Å². The van der Waals surface area contributed by atoms with E-state index in [1.54, 1.807) is 4.90 Å². The number of fused-ring (bicyclic) bond motifs is 1. The molecule has 2 heterocycles. The van der Waals surface area contributed by atoms with Crippen molar-refractivity contribution >= 4 is 38.9 Å². The summed E-state index contributed by atoms with van der Waals surface area (Å²) in [7, 11) is 1.52. The number of imide groups is 1. The van der Waals surface area contributed by atoms with E-state index < -0.39 is 0 Å². The van der Waals surface area contributed by atoms with Gasteiger partial charge in [0.25, 0.3) is 0 Å². The molecule has 5 rings (SSSR count). The van der Waals surface area contributed by atoms with Gasteiger partial charge >= 0.3 is 6.03 Å². The number of halogens is 1. The predicted octanol–water partition coefficient (Wildman–Crippen LogP) is 3.66. The molecule has 1 aliphatic carbocycles. The topological polar surface area (TPSA) is 71.3 Å². The van der Waals surface area contributed by atoms with Crippen LogP contribution in [0, 0.1) is 5.92 Å². The van der Waals surface area contributed by atoms with Crippen molar-refractivity contribution < 1.29 is 9.59 Å². The van der Waals surface area contributed by atoms with E-state index in [4.69, 9.17) is 0 Å². The summed E-state index contributed by atoms with van der Waals surface area (Å²) in [6, 6.07) is 12.0. The Labute approximate surface area is 176 Å². The van der Waals surface area contributed by atoms with E-state index in [0.717, 1.165) is 44.7 Å². The van der Waals surface area contributed by atoms with Crippen molar-refractivity contribution in [1.29, 1.82) is 0 Å². The summed E-state index contributed by atoms with van der Waals surface area (Å²) < 4.78 is 2.93. The monoisotopic (exact) mass is 453 g/mol. The standard InChI is InChI=1S/C21H20BrN5O2/c1-25-19(28)12-26(21(25)29)10-13-4-6-15(7-5-13)16-8-17(22)20-18(9-16)27(24-23-20)11-14-2-3-14/h4-9,14H,2-3,10-12H2,1H3. The van der Waals surface area contributed by atoms with Crippen molar-refractivity contribution in [3.05, 3.63) is 46.4 Å². The minimum atomic E-state index is -0.245. The lowest BCUT2D eigenvalue weighted by Crippen LogP contribution is -2.29. The minimum absolute atomic E-state index is 0.138. The van der Waals surface area contributed by atoms with Gasteiger partial charge in [-0.3, -0.25) is 9.69 Å². The fourth-order valence-corrected chi connectivity index (χ4v) is 4.21. The van der Waals surface area contributed by atoms with Gasteiger partial charge in [-0.2, -0.15) is 0 Å². The maximum absolute atomic E-state index is 12.1. The van der Waals surface area contributed by atoms with E-state index in [1.165, 1.54) is 24.8 Å². The van der Waals surface area contributed by atoms with Crippen LogP contribution in [0.1, 0.15) is 18.4 Å². The van der Waals surface area contributed by atoms with Crippen LogP contribution in [0.25, 0.3) is 22.2 Å². The number of urea groups is 1. The van der Waals surface area contributed by atoms with Crippen LogP contribution in [0.3, 0.4) is 0 Å². The summed E-state index contributed by atoms with van der Waals surface area (Å²) in [6.07, 6.45) is 2.54. The summed E-state index contributed by atoms with van der Waals surface area (Å²) >= 11 is 3.63. The van der Waals surface area contributed by atoms with Gasteiger partial charge in [-0.15, -0.1) is 5.10 Å². The molecule has 8 heteroatoms. The molecule has 0 N–H and O–H groups in total. The van der Waals surface area contributed by atoms with Gasteiger partial charge in [0.05, 0.1) is 5.52 Å². The summed E-state index contributed by atoms with van der Waals surface area (Å²) in [4.78, 5) is 26.5. The summed E-state index contributed by atoms with van der Waals surface area (Å²) in [5.41, 5.74) is 5.08. The zero-order chi connectivity index (χ0) is 20.1. The predicted molar refractivity (Wildman–Crippen MR) is 112 cm³/mol. The summed E-state index contributed by atoms with van der Waals surface area (Å²) in [5.74, 6) is 0.557. The molecule has 2 aliphatic rings. The Morgan fingerprint density at radius 3 is 2.52 bits per heavy atom. The SMILES string of the molecule is CN1C(=O)CN(Cc2ccc(-c3cc(Br)c4nnn(CC5CC5)c4c3)cc2)C1=O. The highest BCUT2D eigenvalue weighted by Gasteiger charge is 2.32. The second-order valence-electron chi connectivity index (χ2n) is 7.83. The average molecular weight is 454 g/mol. The molecule has 0 spiro atoms. The summed E-state index contributed by atoms with van der Waals surface area (Å²) in [6.45, 7) is 1.48. The molecule has 1 saturated carbocycles. The van der Waals surface area contributed by atoms with Crippen LogP contribution in [-0.2, 0) is 17.9 Å². The lowest BCUT2D eigenvalue weighted by atomic mass is 10.0. The van der Waals surface area contributed by atoms with Gasteiger partial charge < -0.3 is 4.90 Å². The van der Waals surface area contributed by atoms with Gasteiger partial charge in [-0.25, -0.2) is 9.48 Å². The smallest absolute Gasteiger partial charge is 0.311 e. The van der Waals surface area contributed by atoms with E-state index in [0.29, 0.717) is 6.54 Å². The Morgan fingerprint density at radius 1 is 1.10 bits per heavy atom. The van der Waals surface area contributed by atoms with Crippen LogP contribution in [0.15, 0.2) is 40.9 Å². The lowest BCUT2D eigenvalue weighted by molar-refractivity contribution is -0.124. The van der Waals surface area contributed by atoms with Crippen molar-refractivity contribution in [3.8, 4) is 11.1 Å². The molecule has 2 aromatic carbocycles. The lowest BCUT2D eigenvalue weighted by Gasteiger charge is -2.15. The van der Waals surface area contributed by atoms with E-state index in [1.807, 2.05) is 28.9 Å². The highest BCUT2D eigenvalue weighted by molar-refractivity contribution is 9.10. The maximum atomic E-state index is 12.1. The van der Waals surface area contributed by atoms with Crippen molar-refractivity contribution in [2.45, 2.75) is 25.9 Å². The van der Waals surface area contributed by atoms with E-state index in [2.05, 4.69) is 38.4 Å². The van der Waals surface area contributed by atoms with Crippen molar-refractivity contribution in [3.63, 3.8) is 0 Å². The number of carbonyl (C=O) groups is 2. The van der Waals surface area contributed by atoms with E-state index in [-0.39, 0.29) is 18.5 Å². The third kappa shape index (κ3) is 3.42. The third-order valence-corrected chi connectivity index (χ3v) is 6.22. The first-order chi connectivity index (χ1) is 14.0. The first-order valence-corrected chi connectivity index (χ1v) is 10.5. The normalized spacial score (nSPS) is 17.0. The molecule has 3 aromatic rings. The van der Waals surface area contributed by atoms with Crippen LogP contribution < -0.4 is 0 Å². The molecule has 2 fully saturated rings. The average Bonchev–Trinajstić information content (AvgIpc) is 3.39. The molecule has 7 nitrogen and oxygen atoms in total. The van der Waals surface area contributed by atoms with Crippen molar-refractivity contribution in [2.24, 2.45) is 5.92 Å². The molecular formula is C21H20BrN5O2. The quantitative estimate of drug-likeness (QED) is 0.552. The van der Waals surface area contributed by atoms with Crippen molar-refractivity contribution in [1.82, 2.24) is 24.8 Å². The van der Waals surface area contributed by atoms with Crippen LogP contribution in [0.5, 0.6) is 0 Å². The zero-order valence-electron chi connectivity index (χ0n) is 16.0. The van der Waals surface area contributed by atoms with E-state index >= 15 is 0 Å². The number of hydrogen-bond acceptors (Lipinski definition) is 4. The fourth-order valence-electron chi connectivity index (χ4n) is 3.68. The van der Waals surface area contributed by atoms with Crippen molar-refractivity contribution in [2.75, 3.05) is 13.6 Å². The van der Waals surface area contributed by atoms with Crippen LogP contribution >= 0.6 is 15.9 Å². The number of aromatic nitrogens is 3. The number of hydrogen-bond donors (Lipinski definition) is 0. The molecule has 1 aliphatic heterocycles. The molecule has 0 bridgehead atoms. The van der Waals surface area contributed by atoms with E-state index in [9.17, 15) is 9.59 Å². The Balaban J connectivity index is 1.40. The number of amides is 3. The molecule has 29 heavy (non-hydrogen) atoms. The second kappa shape index (κ2) is 6.95. The highest BCUT2D eigenvalue weighted by Crippen LogP contribution is 2.34. The molecule has 0 radical (unpaired) electrons. The number of benzene rings is 2. The fraction of sp³-hybridized carbons (Fsp3) is 0.333. The number of nitrogens with zero attached hydrogens (tertiary/aromatic N) is 5. The van der Waals surface area contributed by atoms with Gasteiger partial charge in [0.2, 0.25) is 5.91 Å². The molecular weight excluding hydrogens is 434 g/mol. The Bertz CT molecular complexity index is 1120. The van der Waals surface area contributed by atoms with Gasteiger partial charge in [-0.05, 0) is 63.5 Å². The highest BCUT2D eigenvalue weighted by atomic mass is 79.9. The Hall–Kier alpha value is -2.74. The maximum Gasteiger partial charge on any atom is 0.327 e. The molecule has 1 aromatic heterocycles. The number of likely N-dealkylation sites (N-methyl/N-ethyl adjacent to an activating group) is 1. The van der Waals surface area contributed by atoms with Crippen LogP contribution in [0.4, 0.5) is 4.79 Å². The minimum Gasteiger partial charge on any atom is -0.311 e. The van der Waals surface area contributed by atoms with Crippen LogP contribution in [-0.4, -0.2) is 50.3 Å². The van der Waals surface area contributed by atoms with Gasteiger partial charge in [0, 0.05) is 24.6 Å². The first kappa shape index (κ1) is 18.3. The Kier molecular flexibility index (Phi) is 4.38. The molecule has 1 saturated heterocycles. The molecule has 148 valence electrons. The number of carbonyl (C=O) groups excluding carboxylic acids is 2. The number of rotatable bonds is 5. The molecule has 3 amide bonds.